The van der Waals surface area contributed by atoms with Gasteiger partial charge in [-0.2, -0.15) is 0 Å². The highest BCUT2D eigenvalue weighted by Crippen LogP contribution is 2.27. The molecule has 3 aromatic rings. The van der Waals surface area contributed by atoms with Crippen LogP contribution in [0.5, 0.6) is 0 Å². The lowest BCUT2D eigenvalue weighted by Crippen LogP contribution is -2.11. The van der Waals surface area contributed by atoms with Crippen molar-refractivity contribution >= 4 is 26.9 Å². The van der Waals surface area contributed by atoms with Crippen LogP contribution in [0.25, 0.3) is 27.3 Å². The normalized spacial score (nSPS) is 11.4. The van der Waals surface area contributed by atoms with Gasteiger partial charge in [0, 0.05) is 29.1 Å². The van der Waals surface area contributed by atoms with E-state index in [9.17, 15) is 8.42 Å². The fourth-order valence-corrected chi connectivity index (χ4v) is 3.63. The predicted molar refractivity (Wildman–Crippen MR) is 109 cm³/mol. The molecule has 1 N–H and O–H groups in total. The van der Waals surface area contributed by atoms with Crippen molar-refractivity contribution in [3.63, 3.8) is 0 Å². The van der Waals surface area contributed by atoms with Crippen LogP contribution >= 0.6 is 0 Å². The molecule has 10 heteroatoms. The van der Waals surface area contributed by atoms with Gasteiger partial charge in [-0.15, -0.1) is 0 Å². The van der Waals surface area contributed by atoms with Crippen molar-refractivity contribution in [3.05, 3.63) is 57.9 Å². The van der Waals surface area contributed by atoms with Gasteiger partial charge in [-0.3, -0.25) is 9.29 Å². The van der Waals surface area contributed by atoms with Crippen molar-refractivity contribution < 1.29 is 8.42 Å². The number of hydrogen-bond acceptors (Lipinski definition) is 5. The van der Waals surface area contributed by atoms with E-state index in [2.05, 4.69) is 19.7 Å². The summed E-state index contributed by atoms with van der Waals surface area (Å²) in [5.41, 5.74) is 12.9. The van der Waals surface area contributed by atoms with Crippen LogP contribution in [0.3, 0.4) is 0 Å². The number of anilines is 1. The third-order valence-corrected chi connectivity index (χ3v) is 4.96. The van der Waals surface area contributed by atoms with Crippen molar-refractivity contribution in [3.8, 4) is 5.69 Å². The van der Waals surface area contributed by atoms with Gasteiger partial charge in [0.15, 0.2) is 5.65 Å². The lowest BCUT2D eigenvalue weighted by Gasteiger charge is -2.10. The zero-order chi connectivity index (χ0) is 20.3. The van der Waals surface area contributed by atoms with Crippen LogP contribution in [0.15, 0.2) is 35.6 Å². The smallest absolute Gasteiger partial charge is 0.229 e. The molecule has 0 unspecified atom stereocenters. The fourth-order valence-electron chi connectivity index (χ4n) is 3.02. The summed E-state index contributed by atoms with van der Waals surface area (Å²) in [6.45, 7) is 4.25. The highest BCUT2D eigenvalue weighted by Gasteiger charge is 2.17. The number of rotatable bonds is 7. The lowest BCUT2D eigenvalue weighted by molar-refractivity contribution is 0.606. The van der Waals surface area contributed by atoms with Crippen LogP contribution in [0.1, 0.15) is 23.9 Å². The summed E-state index contributed by atoms with van der Waals surface area (Å²) in [4.78, 5) is 11.9. The van der Waals surface area contributed by atoms with Gasteiger partial charge in [-0.25, -0.2) is 18.4 Å². The second-order valence-corrected chi connectivity index (χ2v) is 8.18. The van der Waals surface area contributed by atoms with Crippen LogP contribution < -0.4 is 4.72 Å². The van der Waals surface area contributed by atoms with Gasteiger partial charge in [0.2, 0.25) is 10.0 Å². The molecule has 28 heavy (non-hydrogen) atoms. The molecule has 0 aliphatic carbocycles. The van der Waals surface area contributed by atoms with E-state index in [1.807, 2.05) is 42.7 Å². The van der Waals surface area contributed by atoms with E-state index in [0.717, 1.165) is 28.9 Å². The molecule has 0 fully saturated rings. The van der Waals surface area contributed by atoms with Crippen molar-refractivity contribution in [1.82, 2.24) is 14.5 Å². The van der Waals surface area contributed by atoms with E-state index in [0.29, 0.717) is 36.2 Å². The number of aryl methyl sites for hydroxylation is 2. The van der Waals surface area contributed by atoms with Crippen molar-refractivity contribution in [2.24, 2.45) is 5.11 Å². The lowest BCUT2D eigenvalue weighted by atomic mass is 10.1. The molecular weight excluding hydrogens is 378 g/mol. The summed E-state index contributed by atoms with van der Waals surface area (Å²) in [5.74, 6) is 0.837. The fraction of sp³-hybridized carbons (Fsp3) is 0.333. The molecule has 0 amide bonds. The Morgan fingerprint density at radius 2 is 2.00 bits per heavy atom. The third kappa shape index (κ3) is 4.08. The van der Waals surface area contributed by atoms with E-state index >= 15 is 0 Å². The van der Waals surface area contributed by atoms with Gasteiger partial charge < -0.3 is 0 Å². The number of benzene rings is 1. The Morgan fingerprint density at radius 3 is 2.61 bits per heavy atom. The van der Waals surface area contributed by atoms with Crippen LogP contribution in [-0.2, 0) is 22.9 Å². The highest BCUT2D eigenvalue weighted by molar-refractivity contribution is 7.92. The van der Waals surface area contributed by atoms with Crippen LogP contribution in [-0.4, -0.2) is 35.8 Å². The molecule has 146 valence electrons. The average Bonchev–Trinajstić information content (AvgIpc) is 3.03. The number of sulfonamides is 1. The molecule has 0 atom stereocenters. The summed E-state index contributed by atoms with van der Waals surface area (Å²) in [6, 6.07) is 7.93. The minimum Gasteiger partial charge on any atom is -0.282 e. The van der Waals surface area contributed by atoms with Crippen molar-refractivity contribution in [1.29, 1.82) is 0 Å². The predicted octanol–water partition coefficient (Wildman–Crippen LogP) is 3.52. The standard InChI is InChI=1S/C18H21N7O2S/c1-4-16-22-17-12(2)15(23-28(3,26)27)11-20-18(17)25(16)14-7-5-13(6-8-14)9-10-21-24-19/h5-8,11,23H,4,9-10H2,1-3H3. The molecule has 2 aromatic heterocycles. The Bertz CT molecular complexity index is 1160. The molecule has 1 aromatic carbocycles. The molecule has 0 radical (unpaired) electrons. The summed E-state index contributed by atoms with van der Waals surface area (Å²) >= 11 is 0. The molecule has 0 saturated heterocycles. The molecule has 0 aliphatic heterocycles. The number of azide groups is 1. The third-order valence-electron chi connectivity index (χ3n) is 4.37. The number of nitrogens with one attached hydrogen (secondary N) is 1. The van der Waals surface area contributed by atoms with Gasteiger partial charge in [-0.05, 0) is 36.6 Å². The first kappa shape index (κ1) is 19.7. The zero-order valence-electron chi connectivity index (χ0n) is 15.9. The average molecular weight is 399 g/mol. The number of aromatic nitrogens is 3. The summed E-state index contributed by atoms with van der Waals surface area (Å²) < 4.78 is 27.6. The SMILES string of the molecule is CCc1nc2c(C)c(NS(C)(=O)=O)cnc2n1-c1ccc(CCN=[N+]=[N-])cc1. The summed E-state index contributed by atoms with van der Waals surface area (Å²) in [5, 5.41) is 3.56. The van der Waals surface area contributed by atoms with E-state index in [4.69, 9.17) is 10.5 Å². The van der Waals surface area contributed by atoms with Gasteiger partial charge in [0.25, 0.3) is 0 Å². The number of nitrogens with zero attached hydrogens (tertiary/aromatic N) is 6. The maximum atomic E-state index is 11.6. The van der Waals surface area contributed by atoms with Crippen LogP contribution in [0, 0.1) is 6.92 Å². The maximum Gasteiger partial charge on any atom is 0.229 e. The number of pyridine rings is 1. The summed E-state index contributed by atoms with van der Waals surface area (Å²) in [6.07, 6.45) is 4.00. The molecule has 0 bridgehead atoms. The summed E-state index contributed by atoms with van der Waals surface area (Å²) in [7, 11) is -3.40. The van der Waals surface area contributed by atoms with E-state index in [1.165, 1.54) is 6.20 Å². The number of hydrogen-bond donors (Lipinski definition) is 1. The van der Waals surface area contributed by atoms with Crippen LogP contribution in [0.2, 0.25) is 0 Å². The molecule has 2 heterocycles. The van der Waals surface area contributed by atoms with Gasteiger partial charge in [0.1, 0.15) is 11.3 Å². The second-order valence-electron chi connectivity index (χ2n) is 6.43. The minimum absolute atomic E-state index is 0.418. The monoisotopic (exact) mass is 399 g/mol. The Labute approximate surface area is 163 Å². The molecule has 0 spiro atoms. The number of fused-ring (bicyclic) bond motifs is 1. The van der Waals surface area contributed by atoms with Gasteiger partial charge in [-0.1, -0.05) is 24.2 Å². The maximum absolute atomic E-state index is 11.6. The first-order valence-corrected chi connectivity index (χ1v) is 10.7. The largest absolute Gasteiger partial charge is 0.282 e. The zero-order valence-corrected chi connectivity index (χ0v) is 16.7. The Morgan fingerprint density at radius 1 is 1.29 bits per heavy atom. The molecular formula is C18H21N7O2S. The van der Waals surface area contributed by atoms with Gasteiger partial charge in [0.05, 0.1) is 18.1 Å². The van der Waals surface area contributed by atoms with E-state index < -0.39 is 10.0 Å². The van der Waals surface area contributed by atoms with E-state index in [1.54, 1.807) is 0 Å². The number of imidazole rings is 1. The second kappa shape index (κ2) is 7.87. The minimum atomic E-state index is -3.40. The highest BCUT2D eigenvalue weighted by atomic mass is 32.2. The first-order valence-electron chi connectivity index (χ1n) is 8.79. The molecule has 9 nitrogen and oxygen atoms in total. The topological polar surface area (TPSA) is 126 Å². The van der Waals surface area contributed by atoms with Gasteiger partial charge >= 0.3 is 0 Å². The molecule has 0 aliphatic rings. The Kier molecular flexibility index (Phi) is 5.53. The van der Waals surface area contributed by atoms with E-state index in [-0.39, 0.29) is 0 Å². The Balaban J connectivity index is 2.05. The van der Waals surface area contributed by atoms with Crippen molar-refractivity contribution in [2.75, 3.05) is 17.5 Å². The Hall–Kier alpha value is -3.10. The first-order chi connectivity index (χ1) is 13.3. The molecule has 0 saturated carbocycles. The van der Waals surface area contributed by atoms with Crippen molar-refractivity contribution in [2.45, 2.75) is 26.7 Å². The molecule has 3 rings (SSSR count). The van der Waals surface area contributed by atoms with Crippen LogP contribution in [0.4, 0.5) is 5.69 Å². The quantitative estimate of drug-likeness (QED) is 0.370.